The average Bonchev–Trinajstić information content (AvgIpc) is 3.55. The van der Waals surface area contributed by atoms with Crippen LogP contribution >= 0.6 is 11.8 Å². The van der Waals surface area contributed by atoms with E-state index in [2.05, 4.69) is 53.0 Å². The Morgan fingerprint density at radius 1 is 0.857 bits per heavy atom. The minimum absolute atomic E-state index is 0.250. The average molecular weight is 423 g/mol. The summed E-state index contributed by atoms with van der Waals surface area (Å²) < 4.78 is 0. The van der Waals surface area contributed by atoms with Crippen LogP contribution in [-0.2, 0) is 0 Å². The number of rotatable bonds is 0. The third kappa shape index (κ3) is 20.6. The van der Waals surface area contributed by atoms with Crippen LogP contribution in [-0.4, -0.2) is 103 Å². The highest BCUT2D eigenvalue weighted by Crippen LogP contribution is 1.97. The van der Waals surface area contributed by atoms with Crippen LogP contribution in [0.3, 0.4) is 0 Å². The van der Waals surface area contributed by atoms with Crippen LogP contribution in [0.25, 0.3) is 0 Å². The minimum Gasteiger partial charge on any atom is -0.397 e. The van der Waals surface area contributed by atoms with Crippen molar-refractivity contribution < 1.29 is 5.11 Å². The molecular formula is C16H42N10OS. The Bertz CT molecular complexity index is 365. The first kappa shape index (κ1) is 31.0. The summed E-state index contributed by atoms with van der Waals surface area (Å²) in [5.41, 5.74) is 9.00. The SMILES string of the molecule is CCO.CN.CN.CN=C1NCCN1.CN=C1NCCN1.CSC1=NCCN1. The second kappa shape index (κ2) is 27.5. The molecular weight excluding hydrogens is 380 g/mol. The Kier molecular flexibility index (Phi) is 30.4. The van der Waals surface area contributed by atoms with Crippen LogP contribution in [0.5, 0.6) is 0 Å². The molecule has 3 aliphatic heterocycles. The second-order valence-corrected chi connectivity index (χ2v) is 5.28. The van der Waals surface area contributed by atoms with Gasteiger partial charge in [-0.3, -0.25) is 15.0 Å². The molecule has 10 N–H and O–H groups in total. The molecule has 0 unspecified atom stereocenters. The van der Waals surface area contributed by atoms with Gasteiger partial charge in [-0.25, -0.2) is 0 Å². The van der Waals surface area contributed by atoms with E-state index in [0.717, 1.165) is 56.4 Å². The van der Waals surface area contributed by atoms with Crippen molar-refractivity contribution in [2.75, 3.05) is 80.3 Å². The third-order valence-electron chi connectivity index (χ3n) is 2.70. The smallest absolute Gasteiger partial charge is 0.191 e. The topological polar surface area (TPSA) is 169 Å². The third-order valence-corrected chi connectivity index (χ3v) is 3.36. The zero-order chi connectivity index (χ0) is 22.0. The number of nitrogens with zero attached hydrogens (tertiary/aromatic N) is 3. The molecule has 28 heavy (non-hydrogen) atoms. The van der Waals surface area contributed by atoms with Crippen molar-refractivity contribution in [1.29, 1.82) is 0 Å². The molecule has 3 aliphatic rings. The number of nitrogens with one attached hydrogen (secondary N) is 5. The van der Waals surface area contributed by atoms with Gasteiger partial charge in [-0.15, -0.1) is 0 Å². The number of aliphatic imine (C=N–C) groups is 3. The lowest BCUT2D eigenvalue weighted by molar-refractivity contribution is 0.318. The van der Waals surface area contributed by atoms with E-state index in [9.17, 15) is 0 Å². The van der Waals surface area contributed by atoms with Crippen molar-refractivity contribution >= 4 is 28.8 Å². The molecule has 2 fully saturated rings. The highest BCUT2D eigenvalue weighted by molar-refractivity contribution is 8.13. The Balaban J connectivity index is -0.000000289. The summed E-state index contributed by atoms with van der Waals surface area (Å²) >= 11 is 1.67. The van der Waals surface area contributed by atoms with Crippen molar-refractivity contribution in [2.45, 2.75) is 6.92 Å². The van der Waals surface area contributed by atoms with E-state index in [1.165, 1.54) is 14.1 Å². The summed E-state index contributed by atoms with van der Waals surface area (Å²) in [5.74, 6) is 1.83. The van der Waals surface area contributed by atoms with Crippen molar-refractivity contribution in [3.8, 4) is 0 Å². The highest BCUT2D eigenvalue weighted by Gasteiger charge is 2.01. The van der Waals surface area contributed by atoms with Crippen LogP contribution in [0, 0.1) is 0 Å². The van der Waals surface area contributed by atoms with Crippen molar-refractivity contribution in [1.82, 2.24) is 26.6 Å². The molecule has 0 atom stereocenters. The summed E-state index contributed by atoms with van der Waals surface area (Å²) in [7, 11) is 6.53. The fourth-order valence-electron chi connectivity index (χ4n) is 1.68. The molecule has 0 spiro atoms. The Morgan fingerprint density at radius 2 is 1.21 bits per heavy atom. The van der Waals surface area contributed by atoms with Crippen molar-refractivity contribution in [3.63, 3.8) is 0 Å². The molecule has 3 heterocycles. The van der Waals surface area contributed by atoms with E-state index >= 15 is 0 Å². The molecule has 0 aromatic carbocycles. The predicted molar refractivity (Wildman–Crippen MR) is 126 cm³/mol. The summed E-state index contributed by atoms with van der Waals surface area (Å²) in [5, 5.41) is 24.0. The van der Waals surface area contributed by atoms with Gasteiger partial charge in [0.25, 0.3) is 0 Å². The molecule has 0 aromatic rings. The van der Waals surface area contributed by atoms with Crippen molar-refractivity contribution in [3.05, 3.63) is 0 Å². The summed E-state index contributed by atoms with van der Waals surface area (Å²) in [4.78, 5) is 11.9. The molecule has 0 radical (unpaired) electrons. The molecule has 3 rings (SSSR count). The fourth-order valence-corrected chi connectivity index (χ4v) is 2.14. The number of nitrogens with two attached hydrogens (primary N) is 2. The number of guanidine groups is 2. The quantitative estimate of drug-likeness (QED) is 0.215. The Morgan fingerprint density at radius 3 is 1.36 bits per heavy atom. The van der Waals surface area contributed by atoms with Gasteiger partial charge >= 0.3 is 0 Å². The maximum atomic E-state index is 7.57. The Labute approximate surface area is 174 Å². The molecule has 0 bridgehead atoms. The number of aliphatic hydroxyl groups is 1. The molecule has 0 saturated carbocycles. The van der Waals surface area contributed by atoms with Crippen LogP contribution in [0.15, 0.2) is 15.0 Å². The molecule has 0 aliphatic carbocycles. The van der Waals surface area contributed by atoms with E-state index in [0.29, 0.717) is 0 Å². The summed E-state index contributed by atoms with van der Waals surface area (Å²) in [6.45, 7) is 7.94. The number of thioether (sulfide) groups is 1. The fraction of sp³-hybridized carbons (Fsp3) is 0.812. The van der Waals surface area contributed by atoms with Gasteiger partial charge in [0.05, 0.1) is 6.54 Å². The van der Waals surface area contributed by atoms with Gasteiger partial charge < -0.3 is 43.2 Å². The zero-order valence-corrected chi connectivity index (χ0v) is 19.1. The number of hydrogen-bond acceptors (Lipinski definition) is 8. The molecule has 2 saturated heterocycles. The van der Waals surface area contributed by atoms with Gasteiger partial charge in [0.15, 0.2) is 17.1 Å². The molecule has 12 heteroatoms. The van der Waals surface area contributed by atoms with E-state index in [-0.39, 0.29) is 6.61 Å². The van der Waals surface area contributed by atoms with Gasteiger partial charge in [-0.2, -0.15) is 0 Å². The zero-order valence-electron chi connectivity index (χ0n) is 18.3. The first-order valence-corrected chi connectivity index (χ1v) is 10.4. The van der Waals surface area contributed by atoms with Gasteiger partial charge in [0.2, 0.25) is 0 Å². The van der Waals surface area contributed by atoms with Gasteiger partial charge in [-0.05, 0) is 27.3 Å². The lowest BCUT2D eigenvalue weighted by atomic mass is 10.7. The Hall–Kier alpha value is -1.76. The summed E-state index contributed by atoms with van der Waals surface area (Å²) in [6.07, 6.45) is 2.02. The van der Waals surface area contributed by atoms with E-state index < -0.39 is 0 Å². The summed E-state index contributed by atoms with van der Waals surface area (Å²) in [6, 6.07) is 0. The number of aliphatic hydroxyl groups excluding tert-OH is 1. The second-order valence-electron chi connectivity index (χ2n) is 4.49. The first-order chi connectivity index (χ1) is 13.7. The van der Waals surface area contributed by atoms with Crippen LogP contribution in [0.1, 0.15) is 6.92 Å². The lowest BCUT2D eigenvalue weighted by Crippen LogP contribution is -2.23. The van der Waals surface area contributed by atoms with Gasteiger partial charge in [0.1, 0.15) is 0 Å². The number of hydrogen-bond donors (Lipinski definition) is 8. The van der Waals surface area contributed by atoms with Crippen LogP contribution < -0.4 is 38.1 Å². The van der Waals surface area contributed by atoms with E-state index in [1.54, 1.807) is 32.8 Å². The van der Waals surface area contributed by atoms with Crippen LogP contribution in [0.4, 0.5) is 0 Å². The van der Waals surface area contributed by atoms with E-state index in [1.807, 2.05) is 6.26 Å². The molecule has 11 nitrogen and oxygen atoms in total. The van der Waals surface area contributed by atoms with E-state index in [4.69, 9.17) is 5.11 Å². The predicted octanol–water partition coefficient (Wildman–Crippen LogP) is -2.21. The first-order valence-electron chi connectivity index (χ1n) is 9.19. The van der Waals surface area contributed by atoms with Crippen molar-refractivity contribution in [2.24, 2.45) is 26.4 Å². The lowest BCUT2D eigenvalue weighted by Gasteiger charge is -1.91. The van der Waals surface area contributed by atoms with Gasteiger partial charge in [-0.1, -0.05) is 11.8 Å². The molecule has 0 aromatic heterocycles. The number of amidine groups is 1. The normalized spacial score (nSPS) is 14.8. The highest BCUT2D eigenvalue weighted by atomic mass is 32.2. The maximum Gasteiger partial charge on any atom is 0.191 e. The van der Waals surface area contributed by atoms with Gasteiger partial charge in [0, 0.05) is 53.4 Å². The standard InChI is InChI=1S/2C4H9N3.C4H8N2S.C2H6O.2CH5N/c2*1-5-4-6-2-3-7-4;1-7-4-5-2-3-6-4;1-2-3;2*1-2/h2*2-3H2,1H3,(H2,5,6,7);2-3H2,1H3,(H,5,6);3H,2H2,1H3;2*2H2,1H3. The largest absolute Gasteiger partial charge is 0.397 e. The van der Waals surface area contributed by atoms with Crippen LogP contribution in [0.2, 0.25) is 0 Å². The minimum atomic E-state index is 0.250. The maximum absolute atomic E-state index is 7.57. The molecule has 0 amide bonds. The monoisotopic (exact) mass is 422 g/mol. The molecule has 168 valence electrons.